The average Bonchev–Trinajstić information content (AvgIpc) is 3.23. The molecule has 2 N–H and O–H groups in total. The first-order valence-corrected chi connectivity index (χ1v) is 9.81. The fourth-order valence-corrected chi connectivity index (χ4v) is 3.46. The van der Waals surface area contributed by atoms with Gasteiger partial charge in [0.15, 0.2) is 0 Å². The Hall–Kier alpha value is -2.61. The van der Waals surface area contributed by atoms with Crippen LogP contribution in [0.5, 0.6) is 0 Å². The SMILES string of the molecule is COCCCNC(=O)[C@H](CC(C)C)NC(=O)N1CCn2c1nc1ccccc12. The zero-order valence-corrected chi connectivity index (χ0v) is 16.8. The lowest BCUT2D eigenvalue weighted by Crippen LogP contribution is -2.51. The van der Waals surface area contributed by atoms with Crippen LogP contribution in [-0.2, 0) is 16.1 Å². The fraction of sp³-hybridized carbons (Fsp3) is 0.550. The van der Waals surface area contributed by atoms with Crippen molar-refractivity contribution in [1.29, 1.82) is 0 Å². The zero-order valence-electron chi connectivity index (χ0n) is 16.8. The van der Waals surface area contributed by atoms with Crippen LogP contribution in [0.3, 0.4) is 0 Å². The minimum Gasteiger partial charge on any atom is -0.385 e. The lowest BCUT2D eigenvalue weighted by atomic mass is 10.0. The number of carbonyl (C=O) groups excluding carboxylic acids is 2. The third-order valence-electron chi connectivity index (χ3n) is 4.81. The fourth-order valence-electron chi connectivity index (χ4n) is 3.46. The van der Waals surface area contributed by atoms with E-state index < -0.39 is 6.04 Å². The summed E-state index contributed by atoms with van der Waals surface area (Å²) in [5.74, 6) is 0.742. The van der Waals surface area contributed by atoms with Crippen molar-refractivity contribution >= 4 is 28.9 Å². The number of carbonyl (C=O) groups is 2. The van der Waals surface area contributed by atoms with Gasteiger partial charge in [0.2, 0.25) is 11.9 Å². The standard InChI is InChI=1S/C20H29N5O3/c1-14(2)13-16(18(26)21-9-6-12-28-3)23-20(27)25-11-10-24-17-8-5-4-7-15(17)22-19(24)25/h4-5,7-8,14,16H,6,9-13H2,1-3H3,(H,21,26)(H,23,27)/t16-/m0/s1. The van der Waals surface area contributed by atoms with Crippen molar-refractivity contribution in [3.63, 3.8) is 0 Å². The first-order valence-electron chi connectivity index (χ1n) is 9.81. The van der Waals surface area contributed by atoms with Gasteiger partial charge in [0.05, 0.1) is 11.0 Å². The summed E-state index contributed by atoms with van der Waals surface area (Å²) >= 11 is 0. The number of rotatable bonds is 8. The van der Waals surface area contributed by atoms with Crippen LogP contribution in [0.4, 0.5) is 10.7 Å². The molecule has 0 spiro atoms. The van der Waals surface area contributed by atoms with Crippen molar-refractivity contribution in [3.05, 3.63) is 24.3 Å². The van der Waals surface area contributed by atoms with Crippen LogP contribution in [-0.4, -0.2) is 54.3 Å². The number of hydrogen-bond acceptors (Lipinski definition) is 4. The summed E-state index contributed by atoms with van der Waals surface area (Å²) in [7, 11) is 1.63. The summed E-state index contributed by atoms with van der Waals surface area (Å²) in [6.45, 7) is 6.42. The highest BCUT2D eigenvalue weighted by atomic mass is 16.5. The van der Waals surface area contributed by atoms with E-state index in [9.17, 15) is 9.59 Å². The number of nitrogens with one attached hydrogen (secondary N) is 2. The van der Waals surface area contributed by atoms with E-state index in [0.717, 1.165) is 17.5 Å². The maximum Gasteiger partial charge on any atom is 0.324 e. The first kappa shape index (κ1) is 20.1. The molecule has 152 valence electrons. The summed E-state index contributed by atoms with van der Waals surface area (Å²) in [5, 5.41) is 5.79. The number of ether oxygens (including phenoxy) is 1. The monoisotopic (exact) mass is 387 g/mol. The maximum absolute atomic E-state index is 12.9. The third-order valence-corrected chi connectivity index (χ3v) is 4.81. The minimum absolute atomic E-state index is 0.161. The predicted molar refractivity (Wildman–Crippen MR) is 108 cm³/mol. The third kappa shape index (κ3) is 4.44. The Morgan fingerprint density at radius 2 is 2.04 bits per heavy atom. The average molecular weight is 387 g/mol. The zero-order chi connectivity index (χ0) is 20.1. The van der Waals surface area contributed by atoms with Crippen molar-refractivity contribution in [2.24, 2.45) is 5.92 Å². The molecule has 1 aliphatic rings. The number of nitrogens with zero attached hydrogens (tertiary/aromatic N) is 3. The molecule has 0 saturated carbocycles. The molecular weight excluding hydrogens is 358 g/mol. The highest BCUT2D eigenvalue weighted by Crippen LogP contribution is 2.27. The number of amides is 3. The minimum atomic E-state index is -0.575. The van der Waals surface area contributed by atoms with Crippen LogP contribution in [0.2, 0.25) is 0 Å². The van der Waals surface area contributed by atoms with Crippen LogP contribution < -0.4 is 15.5 Å². The van der Waals surface area contributed by atoms with Gasteiger partial charge in [-0.25, -0.2) is 9.78 Å². The molecule has 1 aromatic carbocycles. The van der Waals surface area contributed by atoms with Gasteiger partial charge in [0.1, 0.15) is 6.04 Å². The molecule has 28 heavy (non-hydrogen) atoms. The summed E-state index contributed by atoms with van der Waals surface area (Å²) < 4.78 is 7.04. The number of benzene rings is 1. The molecule has 0 unspecified atom stereocenters. The van der Waals surface area contributed by atoms with Gasteiger partial charge in [0.25, 0.3) is 0 Å². The van der Waals surface area contributed by atoms with Gasteiger partial charge in [-0.2, -0.15) is 0 Å². The summed E-state index contributed by atoms with van der Waals surface area (Å²) in [6.07, 6.45) is 1.31. The second-order valence-corrected chi connectivity index (χ2v) is 7.47. The van der Waals surface area contributed by atoms with Gasteiger partial charge in [-0.15, -0.1) is 0 Å². The molecule has 1 aromatic heterocycles. The molecule has 0 saturated heterocycles. The number of methoxy groups -OCH3 is 1. The lowest BCUT2D eigenvalue weighted by molar-refractivity contribution is -0.123. The second kappa shape index (κ2) is 9.05. The molecule has 3 amide bonds. The largest absolute Gasteiger partial charge is 0.385 e. The van der Waals surface area contributed by atoms with Crippen LogP contribution in [0.25, 0.3) is 11.0 Å². The second-order valence-electron chi connectivity index (χ2n) is 7.47. The van der Waals surface area contributed by atoms with E-state index in [-0.39, 0.29) is 17.9 Å². The van der Waals surface area contributed by atoms with Gasteiger partial charge >= 0.3 is 6.03 Å². The normalized spacial score (nSPS) is 14.4. The van der Waals surface area contributed by atoms with E-state index in [4.69, 9.17) is 4.74 Å². The van der Waals surface area contributed by atoms with E-state index in [1.165, 1.54) is 0 Å². The van der Waals surface area contributed by atoms with Gasteiger partial charge in [0, 0.05) is 33.4 Å². The van der Waals surface area contributed by atoms with Crippen LogP contribution in [0.1, 0.15) is 26.7 Å². The molecule has 0 radical (unpaired) electrons. The van der Waals surface area contributed by atoms with Crippen LogP contribution in [0.15, 0.2) is 24.3 Å². The van der Waals surface area contributed by atoms with Crippen molar-refractivity contribution < 1.29 is 14.3 Å². The number of fused-ring (bicyclic) bond motifs is 3. The van der Waals surface area contributed by atoms with E-state index in [0.29, 0.717) is 38.6 Å². The van der Waals surface area contributed by atoms with Crippen LogP contribution in [0, 0.1) is 5.92 Å². The van der Waals surface area contributed by atoms with Gasteiger partial charge < -0.3 is 19.9 Å². The maximum atomic E-state index is 12.9. The number of imidazole rings is 1. The molecule has 2 aromatic rings. The highest BCUT2D eigenvalue weighted by molar-refractivity contribution is 5.96. The summed E-state index contributed by atoms with van der Waals surface area (Å²) in [6, 6.07) is 6.98. The van der Waals surface area contributed by atoms with Gasteiger partial charge in [-0.05, 0) is 30.9 Å². The van der Waals surface area contributed by atoms with Crippen molar-refractivity contribution in [2.45, 2.75) is 39.3 Å². The molecule has 8 heteroatoms. The molecule has 8 nitrogen and oxygen atoms in total. The molecule has 3 rings (SSSR count). The summed E-state index contributed by atoms with van der Waals surface area (Å²) in [5.41, 5.74) is 1.88. The van der Waals surface area contributed by atoms with E-state index in [1.807, 2.05) is 42.7 Å². The Kier molecular flexibility index (Phi) is 6.51. The number of para-hydroxylation sites is 2. The van der Waals surface area contributed by atoms with E-state index in [1.54, 1.807) is 12.0 Å². The van der Waals surface area contributed by atoms with Gasteiger partial charge in [-0.3, -0.25) is 9.69 Å². The molecular formula is C20H29N5O3. The Balaban J connectivity index is 1.68. The topological polar surface area (TPSA) is 88.5 Å². The molecule has 1 aliphatic heterocycles. The van der Waals surface area contributed by atoms with E-state index in [2.05, 4.69) is 15.6 Å². The molecule has 0 aliphatic carbocycles. The molecule has 2 heterocycles. The Morgan fingerprint density at radius 3 is 2.79 bits per heavy atom. The quantitative estimate of drug-likeness (QED) is 0.679. The number of aromatic nitrogens is 2. The highest BCUT2D eigenvalue weighted by Gasteiger charge is 2.31. The lowest BCUT2D eigenvalue weighted by Gasteiger charge is -2.23. The van der Waals surface area contributed by atoms with Gasteiger partial charge in [-0.1, -0.05) is 26.0 Å². The predicted octanol–water partition coefficient (Wildman–Crippen LogP) is 2.13. The first-order chi connectivity index (χ1) is 13.5. The van der Waals surface area contributed by atoms with E-state index >= 15 is 0 Å². The van der Waals surface area contributed by atoms with Crippen LogP contribution >= 0.6 is 0 Å². The Morgan fingerprint density at radius 1 is 1.25 bits per heavy atom. The smallest absolute Gasteiger partial charge is 0.324 e. The number of urea groups is 1. The molecule has 1 atom stereocenters. The van der Waals surface area contributed by atoms with Crippen molar-refractivity contribution in [3.8, 4) is 0 Å². The molecule has 0 fully saturated rings. The Labute approximate surface area is 165 Å². The van der Waals surface area contributed by atoms with Crippen molar-refractivity contribution in [2.75, 3.05) is 31.7 Å². The number of anilines is 1. The Bertz CT molecular complexity index is 832. The summed E-state index contributed by atoms with van der Waals surface area (Å²) in [4.78, 5) is 31.7. The van der Waals surface area contributed by atoms with Crippen molar-refractivity contribution in [1.82, 2.24) is 20.2 Å². The molecule has 0 bridgehead atoms. The number of hydrogen-bond donors (Lipinski definition) is 2.